The Balaban J connectivity index is 0.00000480. The molecule has 172 valence electrons. The fraction of sp³-hybridized carbons (Fsp3) is 0.458. The molecular formula is C24H36IN3O3. The second kappa shape index (κ2) is 15.0. The highest BCUT2D eigenvalue weighted by Gasteiger charge is 2.09. The molecule has 0 radical (unpaired) electrons. The minimum Gasteiger partial charge on any atom is -0.491 e. The van der Waals surface area contributed by atoms with Crippen molar-refractivity contribution in [3.05, 3.63) is 64.7 Å². The maximum Gasteiger partial charge on any atom is 0.191 e. The SMILES string of the molecule is CCNC(=NCc1ccc(C)cc1OCCOCC)NCC(O)c1ccc(C)cc1.I. The highest BCUT2D eigenvalue weighted by Crippen LogP contribution is 2.21. The third-order valence-electron chi connectivity index (χ3n) is 4.59. The van der Waals surface area contributed by atoms with Crippen LogP contribution in [-0.2, 0) is 11.3 Å². The van der Waals surface area contributed by atoms with Crippen LogP contribution in [0.5, 0.6) is 5.75 Å². The van der Waals surface area contributed by atoms with Gasteiger partial charge >= 0.3 is 0 Å². The van der Waals surface area contributed by atoms with Crippen molar-refractivity contribution in [3.63, 3.8) is 0 Å². The zero-order chi connectivity index (χ0) is 21.8. The fourth-order valence-corrected chi connectivity index (χ4v) is 2.89. The first kappa shape index (κ1) is 27.2. The molecule has 1 atom stereocenters. The van der Waals surface area contributed by atoms with Gasteiger partial charge in [-0.3, -0.25) is 0 Å². The van der Waals surface area contributed by atoms with E-state index in [1.54, 1.807) is 0 Å². The van der Waals surface area contributed by atoms with Gasteiger partial charge in [-0.1, -0.05) is 42.0 Å². The van der Waals surface area contributed by atoms with Gasteiger partial charge in [0, 0.05) is 25.3 Å². The Morgan fingerprint density at radius 3 is 2.39 bits per heavy atom. The van der Waals surface area contributed by atoms with E-state index in [4.69, 9.17) is 9.47 Å². The summed E-state index contributed by atoms with van der Waals surface area (Å²) in [6, 6.07) is 14.0. The van der Waals surface area contributed by atoms with Gasteiger partial charge in [0.2, 0.25) is 0 Å². The lowest BCUT2D eigenvalue weighted by Crippen LogP contribution is -2.39. The molecule has 6 nitrogen and oxygen atoms in total. The number of benzene rings is 2. The molecule has 7 heteroatoms. The van der Waals surface area contributed by atoms with E-state index in [0.29, 0.717) is 38.9 Å². The van der Waals surface area contributed by atoms with Gasteiger partial charge < -0.3 is 25.2 Å². The largest absolute Gasteiger partial charge is 0.491 e. The van der Waals surface area contributed by atoms with Gasteiger partial charge in [0.15, 0.2) is 5.96 Å². The van der Waals surface area contributed by atoms with Crippen LogP contribution >= 0.6 is 24.0 Å². The van der Waals surface area contributed by atoms with Crippen LogP contribution in [0.1, 0.15) is 42.2 Å². The summed E-state index contributed by atoms with van der Waals surface area (Å²) in [5, 5.41) is 16.9. The van der Waals surface area contributed by atoms with E-state index in [0.717, 1.165) is 29.0 Å². The molecule has 31 heavy (non-hydrogen) atoms. The Hall–Kier alpha value is -1.84. The van der Waals surface area contributed by atoms with E-state index in [2.05, 4.69) is 21.7 Å². The molecule has 0 bridgehead atoms. The quantitative estimate of drug-likeness (QED) is 0.173. The molecule has 3 N–H and O–H groups in total. The average Bonchev–Trinajstić information content (AvgIpc) is 2.74. The Morgan fingerprint density at radius 2 is 1.71 bits per heavy atom. The molecule has 0 aromatic heterocycles. The summed E-state index contributed by atoms with van der Waals surface area (Å²) in [6.07, 6.45) is -0.605. The summed E-state index contributed by atoms with van der Waals surface area (Å²) in [5.41, 5.74) is 4.20. The molecule has 0 fully saturated rings. The first-order valence-electron chi connectivity index (χ1n) is 10.6. The minimum atomic E-state index is -0.605. The van der Waals surface area contributed by atoms with Crippen LogP contribution in [0.2, 0.25) is 0 Å². The number of aryl methyl sites for hydroxylation is 2. The molecule has 0 aliphatic heterocycles. The number of hydrogen-bond donors (Lipinski definition) is 3. The van der Waals surface area contributed by atoms with Crippen molar-refractivity contribution in [1.29, 1.82) is 0 Å². The second-order valence-corrected chi connectivity index (χ2v) is 7.16. The van der Waals surface area contributed by atoms with Gasteiger partial charge in [-0.25, -0.2) is 4.99 Å². The molecule has 0 aliphatic rings. The Kier molecular flexibility index (Phi) is 13.2. The molecule has 0 spiro atoms. The van der Waals surface area contributed by atoms with Gasteiger partial charge in [-0.15, -0.1) is 24.0 Å². The number of ether oxygens (including phenoxy) is 2. The predicted octanol–water partition coefficient (Wildman–Crippen LogP) is 4.13. The number of aliphatic hydroxyl groups excluding tert-OH is 1. The van der Waals surface area contributed by atoms with Gasteiger partial charge in [0.05, 0.1) is 19.3 Å². The Bertz CT molecular complexity index is 797. The van der Waals surface area contributed by atoms with Gasteiger partial charge in [0.25, 0.3) is 0 Å². The molecule has 0 aliphatic carbocycles. The normalized spacial score (nSPS) is 12.1. The Labute approximate surface area is 203 Å². The molecule has 2 aromatic rings. The van der Waals surface area contributed by atoms with E-state index in [1.807, 2.05) is 64.1 Å². The monoisotopic (exact) mass is 541 g/mol. The number of rotatable bonds is 11. The molecule has 0 heterocycles. The molecule has 1 unspecified atom stereocenters. The van der Waals surface area contributed by atoms with Crippen molar-refractivity contribution < 1.29 is 14.6 Å². The van der Waals surface area contributed by atoms with Crippen molar-refractivity contribution in [2.24, 2.45) is 4.99 Å². The first-order valence-corrected chi connectivity index (χ1v) is 10.6. The number of aliphatic hydroxyl groups is 1. The molecular weight excluding hydrogens is 505 g/mol. The van der Waals surface area contributed by atoms with Crippen molar-refractivity contribution >= 4 is 29.9 Å². The van der Waals surface area contributed by atoms with Crippen molar-refractivity contribution in [2.45, 2.75) is 40.3 Å². The third-order valence-corrected chi connectivity index (χ3v) is 4.59. The van der Waals surface area contributed by atoms with Crippen LogP contribution in [0.25, 0.3) is 0 Å². The van der Waals surface area contributed by atoms with Crippen LogP contribution < -0.4 is 15.4 Å². The average molecular weight is 541 g/mol. The molecule has 0 saturated heterocycles. The lowest BCUT2D eigenvalue weighted by atomic mass is 10.1. The molecule has 0 saturated carbocycles. The first-order chi connectivity index (χ1) is 14.5. The predicted molar refractivity (Wildman–Crippen MR) is 138 cm³/mol. The minimum absolute atomic E-state index is 0. The fourth-order valence-electron chi connectivity index (χ4n) is 2.89. The van der Waals surface area contributed by atoms with Gasteiger partial charge in [-0.2, -0.15) is 0 Å². The maximum atomic E-state index is 10.5. The van der Waals surface area contributed by atoms with Crippen LogP contribution in [0, 0.1) is 13.8 Å². The number of hydrogen-bond acceptors (Lipinski definition) is 4. The maximum absolute atomic E-state index is 10.5. The van der Waals surface area contributed by atoms with Crippen molar-refractivity contribution in [3.8, 4) is 5.75 Å². The number of nitrogens with zero attached hydrogens (tertiary/aromatic N) is 1. The number of nitrogens with one attached hydrogen (secondary N) is 2. The Morgan fingerprint density at radius 1 is 1.00 bits per heavy atom. The van der Waals surface area contributed by atoms with E-state index in [1.165, 1.54) is 5.56 Å². The lowest BCUT2D eigenvalue weighted by molar-refractivity contribution is 0.110. The second-order valence-electron chi connectivity index (χ2n) is 7.16. The van der Waals surface area contributed by atoms with Gasteiger partial charge in [-0.05, 0) is 44.9 Å². The highest BCUT2D eigenvalue weighted by molar-refractivity contribution is 14.0. The summed E-state index contributed by atoms with van der Waals surface area (Å²) < 4.78 is 11.3. The zero-order valence-electron chi connectivity index (χ0n) is 19.0. The topological polar surface area (TPSA) is 75.1 Å². The van der Waals surface area contributed by atoms with E-state index in [-0.39, 0.29) is 24.0 Å². The standard InChI is InChI=1S/C24H35N3O3.HI/c1-5-25-24(27-17-22(28)20-10-7-18(3)8-11-20)26-16-21-12-9-19(4)15-23(21)30-14-13-29-6-2;/h7-12,15,22,28H,5-6,13-14,16-17H2,1-4H3,(H2,25,26,27);1H. The molecule has 2 aromatic carbocycles. The van der Waals surface area contributed by atoms with E-state index in [9.17, 15) is 5.11 Å². The summed E-state index contributed by atoms with van der Waals surface area (Å²) in [6.45, 7) is 11.4. The van der Waals surface area contributed by atoms with Crippen LogP contribution in [-0.4, -0.2) is 44.0 Å². The van der Waals surface area contributed by atoms with E-state index < -0.39 is 6.10 Å². The molecule has 2 rings (SSSR count). The van der Waals surface area contributed by atoms with E-state index >= 15 is 0 Å². The third kappa shape index (κ3) is 9.88. The molecule has 0 amide bonds. The summed E-state index contributed by atoms with van der Waals surface area (Å²) in [7, 11) is 0. The summed E-state index contributed by atoms with van der Waals surface area (Å²) in [5.74, 6) is 1.48. The van der Waals surface area contributed by atoms with Crippen molar-refractivity contribution in [2.75, 3.05) is 32.9 Å². The van der Waals surface area contributed by atoms with Crippen LogP contribution in [0.4, 0.5) is 0 Å². The number of aliphatic imine (C=N–C) groups is 1. The lowest BCUT2D eigenvalue weighted by Gasteiger charge is -2.16. The summed E-state index contributed by atoms with van der Waals surface area (Å²) >= 11 is 0. The highest BCUT2D eigenvalue weighted by atomic mass is 127. The van der Waals surface area contributed by atoms with Crippen LogP contribution in [0.15, 0.2) is 47.5 Å². The van der Waals surface area contributed by atoms with Crippen molar-refractivity contribution in [1.82, 2.24) is 10.6 Å². The van der Waals surface area contributed by atoms with Gasteiger partial charge in [0.1, 0.15) is 12.4 Å². The van der Waals surface area contributed by atoms with Crippen LogP contribution in [0.3, 0.4) is 0 Å². The smallest absolute Gasteiger partial charge is 0.191 e. The number of guanidine groups is 1. The summed E-state index contributed by atoms with van der Waals surface area (Å²) in [4.78, 5) is 4.67. The number of halogens is 1. The zero-order valence-corrected chi connectivity index (χ0v) is 21.3.